The molecule has 2 aromatic carbocycles. The SMILES string of the molecule is C=CCn1c(SCC(=O)Nc2ccccc2CC)nnc1-c1ccc(OCC)cc1. The summed E-state index contributed by atoms with van der Waals surface area (Å²) in [5.41, 5.74) is 2.90. The lowest BCUT2D eigenvalue weighted by Gasteiger charge is -2.10. The van der Waals surface area contributed by atoms with Gasteiger partial charge in [0, 0.05) is 17.8 Å². The molecule has 1 amide bonds. The molecule has 1 N–H and O–H groups in total. The average Bonchev–Trinajstić information content (AvgIpc) is 3.16. The van der Waals surface area contributed by atoms with Gasteiger partial charge in [-0.05, 0) is 49.2 Å². The Kier molecular flexibility index (Phi) is 7.68. The summed E-state index contributed by atoms with van der Waals surface area (Å²) in [5, 5.41) is 12.3. The standard InChI is InChI=1S/C23H26N4O2S/c1-4-15-27-22(18-11-13-19(14-12-18)29-6-3)25-26-23(27)30-16-21(28)24-20-10-8-7-9-17(20)5-2/h4,7-14H,1,5-6,15-16H2,2-3H3,(H,24,28). The van der Waals surface area contributed by atoms with E-state index in [9.17, 15) is 4.79 Å². The summed E-state index contributed by atoms with van der Waals surface area (Å²) in [6.45, 7) is 9.03. The van der Waals surface area contributed by atoms with Crippen molar-refractivity contribution < 1.29 is 9.53 Å². The first-order valence-corrected chi connectivity index (χ1v) is 10.9. The molecule has 6 nitrogen and oxygen atoms in total. The van der Waals surface area contributed by atoms with Crippen molar-refractivity contribution in [1.82, 2.24) is 14.8 Å². The Hall–Kier alpha value is -3.06. The molecule has 0 atom stereocenters. The summed E-state index contributed by atoms with van der Waals surface area (Å²) < 4.78 is 7.46. The molecule has 1 heterocycles. The van der Waals surface area contributed by atoms with Gasteiger partial charge in [0.1, 0.15) is 5.75 Å². The van der Waals surface area contributed by atoms with Crippen molar-refractivity contribution in [3.05, 3.63) is 66.7 Å². The molecular formula is C23H26N4O2S. The summed E-state index contributed by atoms with van der Waals surface area (Å²) >= 11 is 1.36. The zero-order chi connectivity index (χ0) is 21.3. The smallest absolute Gasteiger partial charge is 0.234 e. The molecule has 30 heavy (non-hydrogen) atoms. The number of rotatable bonds is 10. The van der Waals surface area contributed by atoms with Crippen molar-refractivity contribution in [3.63, 3.8) is 0 Å². The van der Waals surface area contributed by atoms with Gasteiger partial charge in [-0.1, -0.05) is 43.0 Å². The van der Waals surface area contributed by atoms with Crippen molar-refractivity contribution in [2.75, 3.05) is 17.7 Å². The fraction of sp³-hybridized carbons (Fsp3) is 0.261. The third kappa shape index (κ3) is 5.30. The summed E-state index contributed by atoms with van der Waals surface area (Å²) in [5.74, 6) is 1.72. The van der Waals surface area contributed by atoms with Gasteiger partial charge >= 0.3 is 0 Å². The quantitative estimate of drug-likeness (QED) is 0.375. The van der Waals surface area contributed by atoms with E-state index in [-0.39, 0.29) is 11.7 Å². The lowest BCUT2D eigenvalue weighted by atomic mass is 10.1. The van der Waals surface area contributed by atoms with Crippen molar-refractivity contribution in [3.8, 4) is 17.1 Å². The van der Waals surface area contributed by atoms with Crippen LogP contribution in [0.3, 0.4) is 0 Å². The number of para-hydroxylation sites is 1. The lowest BCUT2D eigenvalue weighted by molar-refractivity contribution is -0.113. The minimum atomic E-state index is -0.0725. The van der Waals surface area contributed by atoms with E-state index >= 15 is 0 Å². The topological polar surface area (TPSA) is 69.0 Å². The third-order valence-electron chi connectivity index (χ3n) is 4.46. The Morgan fingerprint density at radius 3 is 2.63 bits per heavy atom. The molecule has 0 saturated heterocycles. The van der Waals surface area contributed by atoms with Crippen LogP contribution in [0.5, 0.6) is 5.75 Å². The number of anilines is 1. The van der Waals surface area contributed by atoms with E-state index < -0.39 is 0 Å². The van der Waals surface area contributed by atoms with E-state index in [4.69, 9.17) is 4.74 Å². The molecule has 0 radical (unpaired) electrons. The number of hydrogen-bond donors (Lipinski definition) is 1. The molecule has 3 aromatic rings. The molecule has 0 aliphatic heterocycles. The number of carbonyl (C=O) groups excluding carboxylic acids is 1. The van der Waals surface area contributed by atoms with Crippen LogP contribution >= 0.6 is 11.8 Å². The number of nitrogens with zero attached hydrogens (tertiary/aromatic N) is 3. The number of benzene rings is 2. The second kappa shape index (κ2) is 10.6. The molecular weight excluding hydrogens is 396 g/mol. The fourth-order valence-corrected chi connectivity index (χ4v) is 3.78. The minimum absolute atomic E-state index is 0.0725. The van der Waals surface area contributed by atoms with Gasteiger partial charge in [0.15, 0.2) is 11.0 Å². The summed E-state index contributed by atoms with van der Waals surface area (Å²) in [6, 6.07) is 15.6. The van der Waals surface area contributed by atoms with Crippen LogP contribution in [0.1, 0.15) is 19.4 Å². The van der Waals surface area contributed by atoms with E-state index in [2.05, 4.69) is 29.0 Å². The number of nitrogens with one attached hydrogen (secondary N) is 1. The van der Waals surface area contributed by atoms with Gasteiger partial charge in [-0.15, -0.1) is 16.8 Å². The van der Waals surface area contributed by atoms with Crippen LogP contribution in [0.2, 0.25) is 0 Å². The lowest BCUT2D eigenvalue weighted by Crippen LogP contribution is -2.15. The monoisotopic (exact) mass is 422 g/mol. The Labute approximate surface area is 181 Å². The van der Waals surface area contributed by atoms with E-state index in [1.165, 1.54) is 11.8 Å². The molecule has 0 aliphatic rings. The second-order valence-corrected chi connectivity index (χ2v) is 7.45. The van der Waals surface area contributed by atoms with E-state index in [0.717, 1.165) is 34.8 Å². The predicted molar refractivity (Wildman–Crippen MR) is 122 cm³/mol. The maximum Gasteiger partial charge on any atom is 0.234 e. The molecule has 1 aromatic heterocycles. The number of carbonyl (C=O) groups is 1. The zero-order valence-corrected chi connectivity index (χ0v) is 18.1. The number of aryl methyl sites for hydroxylation is 1. The average molecular weight is 423 g/mol. The predicted octanol–water partition coefficient (Wildman–Crippen LogP) is 4.82. The van der Waals surface area contributed by atoms with Crippen molar-refractivity contribution in [1.29, 1.82) is 0 Å². The fourth-order valence-electron chi connectivity index (χ4n) is 3.04. The van der Waals surface area contributed by atoms with Crippen LogP contribution in [0.25, 0.3) is 11.4 Å². The highest BCUT2D eigenvalue weighted by Gasteiger charge is 2.15. The van der Waals surface area contributed by atoms with E-state index in [0.29, 0.717) is 18.3 Å². The summed E-state index contributed by atoms with van der Waals surface area (Å²) in [4.78, 5) is 12.5. The van der Waals surface area contributed by atoms with Gasteiger partial charge in [0.2, 0.25) is 5.91 Å². The van der Waals surface area contributed by atoms with Crippen LogP contribution in [-0.2, 0) is 17.8 Å². The Morgan fingerprint density at radius 2 is 1.93 bits per heavy atom. The largest absolute Gasteiger partial charge is 0.494 e. The number of hydrogen-bond acceptors (Lipinski definition) is 5. The first-order valence-electron chi connectivity index (χ1n) is 9.94. The maximum atomic E-state index is 12.5. The molecule has 0 spiro atoms. The van der Waals surface area contributed by atoms with Gasteiger partial charge in [-0.3, -0.25) is 9.36 Å². The Bertz CT molecular complexity index is 999. The highest BCUT2D eigenvalue weighted by molar-refractivity contribution is 7.99. The van der Waals surface area contributed by atoms with Crippen LogP contribution < -0.4 is 10.1 Å². The Balaban J connectivity index is 1.71. The first-order chi connectivity index (χ1) is 14.7. The summed E-state index contributed by atoms with van der Waals surface area (Å²) in [7, 11) is 0. The molecule has 156 valence electrons. The van der Waals surface area contributed by atoms with E-state index in [1.54, 1.807) is 6.08 Å². The summed E-state index contributed by atoms with van der Waals surface area (Å²) in [6.07, 6.45) is 2.66. The van der Waals surface area contributed by atoms with Gasteiger partial charge < -0.3 is 10.1 Å². The molecule has 0 unspecified atom stereocenters. The van der Waals surface area contributed by atoms with Crippen molar-refractivity contribution in [2.24, 2.45) is 0 Å². The molecule has 0 saturated carbocycles. The van der Waals surface area contributed by atoms with Crippen LogP contribution in [0.15, 0.2) is 66.3 Å². The molecule has 0 fully saturated rings. The van der Waals surface area contributed by atoms with Crippen molar-refractivity contribution >= 4 is 23.4 Å². The van der Waals surface area contributed by atoms with Gasteiger partial charge in [-0.2, -0.15) is 0 Å². The first kappa shape index (κ1) is 21.6. The van der Waals surface area contributed by atoms with Crippen LogP contribution in [0, 0.1) is 0 Å². The van der Waals surface area contributed by atoms with Crippen LogP contribution in [-0.4, -0.2) is 33.0 Å². The number of amides is 1. The van der Waals surface area contributed by atoms with Gasteiger partial charge in [0.25, 0.3) is 0 Å². The van der Waals surface area contributed by atoms with Crippen LogP contribution in [0.4, 0.5) is 5.69 Å². The minimum Gasteiger partial charge on any atom is -0.494 e. The molecule has 0 bridgehead atoms. The Morgan fingerprint density at radius 1 is 1.17 bits per heavy atom. The highest BCUT2D eigenvalue weighted by atomic mass is 32.2. The molecule has 7 heteroatoms. The zero-order valence-electron chi connectivity index (χ0n) is 17.3. The normalized spacial score (nSPS) is 10.6. The second-order valence-electron chi connectivity index (χ2n) is 6.51. The van der Waals surface area contributed by atoms with Crippen molar-refractivity contribution in [2.45, 2.75) is 32.0 Å². The number of aromatic nitrogens is 3. The number of thioether (sulfide) groups is 1. The maximum absolute atomic E-state index is 12.5. The number of ether oxygens (including phenoxy) is 1. The highest BCUT2D eigenvalue weighted by Crippen LogP contribution is 2.26. The third-order valence-corrected chi connectivity index (χ3v) is 5.42. The van der Waals surface area contributed by atoms with E-state index in [1.807, 2.05) is 60.0 Å². The molecule has 3 rings (SSSR count). The number of allylic oxidation sites excluding steroid dienone is 1. The molecule has 0 aliphatic carbocycles. The van der Waals surface area contributed by atoms with Gasteiger partial charge in [0.05, 0.1) is 12.4 Å². The van der Waals surface area contributed by atoms with Gasteiger partial charge in [-0.25, -0.2) is 0 Å².